The molecular weight excluding hydrogens is 170 g/mol. The quantitative estimate of drug-likeness (QED) is 0.305. The number of carbonyl (C=O) groups excluding carboxylic acids is 1. The molecule has 0 aliphatic rings. The number of amides is 1. The summed E-state index contributed by atoms with van der Waals surface area (Å²) in [6.45, 7) is 1.73. The van der Waals surface area contributed by atoms with Crippen molar-refractivity contribution in [2.45, 2.75) is 13.3 Å². The highest BCUT2D eigenvalue weighted by Gasteiger charge is 2.06. The van der Waals surface area contributed by atoms with Crippen LogP contribution < -0.4 is 17.0 Å². The van der Waals surface area contributed by atoms with Gasteiger partial charge in [0, 0.05) is 11.8 Å². The van der Waals surface area contributed by atoms with E-state index >= 15 is 0 Å². The third-order valence-electron chi connectivity index (χ3n) is 1.53. The van der Waals surface area contributed by atoms with Gasteiger partial charge in [0.15, 0.2) is 0 Å². The molecule has 0 aliphatic heterocycles. The van der Waals surface area contributed by atoms with Crippen LogP contribution in [0.4, 0.5) is 5.82 Å². The summed E-state index contributed by atoms with van der Waals surface area (Å²) >= 11 is 0. The summed E-state index contributed by atoms with van der Waals surface area (Å²) in [4.78, 5) is 18.7. The average molecular weight is 181 g/mol. The first kappa shape index (κ1) is 9.40. The minimum Gasteiger partial charge on any atom is -0.383 e. The number of aromatic nitrogens is 2. The van der Waals surface area contributed by atoms with Crippen molar-refractivity contribution in [3.8, 4) is 0 Å². The Bertz CT molecular complexity index is 325. The van der Waals surface area contributed by atoms with Crippen molar-refractivity contribution in [2.24, 2.45) is 5.84 Å². The standard InChI is InChI=1S/C7H11N5O/c1-4-10-3-5(7(8)11-4)2-6(13)12-9/h3H,2,9H2,1H3,(H,12,13)(H2,8,10,11). The Kier molecular flexibility index (Phi) is 2.76. The summed E-state index contributed by atoms with van der Waals surface area (Å²) in [5.74, 6) is 5.49. The van der Waals surface area contributed by atoms with Crippen LogP contribution in [0.25, 0.3) is 0 Å². The normalized spacial score (nSPS) is 9.69. The number of hydrogen-bond acceptors (Lipinski definition) is 5. The van der Waals surface area contributed by atoms with Gasteiger partial charge in [0.25, 0.3) is 0 Å². The number of rotatable bonds is 2. The summed E-state index contributed by atoms with van der Waals surface area (Å²) in [5.41, 5.74) is 8.14. The highest BCUT2D eigenvalue weighted by Crippen LogP contribution is 2.07. The molecule has 1 heterocycles. The largest absolute Gasteiger partial charge is 0.383 e. The van der Waals surface area contributed by atoms with Gasteiger partial charge in [-0.2, -0.15) is 0 Å². The second kappa shape index (κ2) is 3.81. The molecule has 0 saturated heterocycles. The van der Waals surface area contributed by atoms with E-state index in [0.29, 0.717) is 17.2 Å². The molecule has 0 radical (unpaired) electrons. The zero-order chi connectivity index (χ0) is 9.84. The van der Waals surface area contributed by atoms with Gasteiger partial charge in [-0.25, -0.2) is 15.8 Å². The molecule has 6 heteroatoms. The van der Waals surface area contributed by atoms with Crippen molar-refractivity contribution in [1.29, 1.82) is 0 Å². The number of anilines is 1. The van der Waals surface area contributed by atoms with Gasteiger partial charge in [-0.3, -0.25) is 10.2 Å². The van der Waals surface area contributed by atoms with Gasteiger partial charge < -0.3 is 5.73 Å². The fourth-order valence-electron chi connectivity index (χ4n) is 0.873. The first-order valence-corrected chi connectivity index (χ1v) is 3.71. The topological polar surface area (TPSA) is 107 Å². The van der Waals surface area contributed by atoms with Crippen LogP contribution in [0, 0.1) is 6.92 Å². The third-order valence-corrected chi connectivity index (χ3v) is 1.53. The van der Waals surface area contributed by atoms with Gasteiger partial charge in [-0.1, -0.05) is 0 Å². The SMILES string of the molecule is Cc1ncc(CC(=O)NN)c(N)n1. The molecule has 0 atom stereocenters. The molecule has 0 spiro atoms. The maximum absolute atomic E-state index is 10.9. The molecule has 1 aromatic rings. The number of nitrogens with one attached hydrogen (secondary N) is 1. The molecule has 70 valence electrons. The Hall–Kier alpha value is -1.69. The fourth-order valence-corrected chi connectivity index (χ4v) is 0.873. The van der Waals surface area contributed by atoms with Crippen LogP contribution >= 0.6 is 0 Å². The van der Waals surface area contributed by atoms with E-state index in [-0.39, 0.29) is 12.3 Å². The summed E-state index contributed by atoms with van der Waals surface area (Å²) in [5, 5.41) is 0. The van der Waals surface area contributed by atoms with E-state index in [1.165, 1.54) is 6.20 Å². The summed E-state index contributed by atoms with van der Waals surface area (Å²) < 4.78 is 0. The summed E-state index contributed by atoms with van der Waals surface area (Å²) in [6.07, 6.45) is 1.62. The number of nitrogen functional groups attached to an aromatic ring is 1. The second-order valence-corrected chi connectivity index (χ2v) is 2.57. The van der Waals surface area contributed by atoms with E-state index < -0.39 is 0 Å². The lowest BCUT2D eigenvalue weighted by molar-refractivity contribution is -0.120. The molecule has 6 nitrogen and oxygen atoms in total. The highest BCUT2D eigenvalue weighted by atomic mass is 16.2. The molecule has 0 aliphatic carbocycles. The van der Waals surface area contributed by atoms with E-state index in [2.05, 4.69) is 9.97 Å². The van der Waals surface area contributed by atoms with Gasteiger partial charge in [-0.05, 0) is 6.92 Å². The molecule has 1 amide bonds. The van der Waals surface area contributed by atoms with Crippen molar-refractivity contribution in [3.63, 3.8) is 0 Å². The smallest absolute Gasteiger partial charge is 0.238 e. The maximum Gasteiger partial charge on any atom is 0.238 e. The van der Waals surface area contributed by atoms with Gasteiger partial charge in [0.1, 0.15) is 11.6 Å². The average Bonchev–Trinajstić information content (AvgIpc) is 2.09. The monoisotopic (exact) mass is 181 g/mol. The molecule has 0 bridgehead atoms. The van der Waals surface area contributed by atoms with Crippen LogP contribution in [0.2, 0.25) is 0 Å². The van der Waals surface area contributed by atoms with Gasteiger partial charge in [0.05, 0.1) is 6.42 Å². The number of hydrazine groups is 1. The molecule has 0 unspecified atom stereocenters. The number of hydrogen-bond donors (Lipinski definition) is 3. The van der Waals surface area contributed by atoms with E-state index in [9.17, 15) is 4.79 Å². The zero-order valence-corrected chi connectivity index (χ0v) is 7.24. The van der Waals surface area contributed by atoms with Gasteiger partial charge >= 0.3 is 0 Å². The Morgan fingerprint density at radius 3 is 2.92 bits per heavy atom. The number of nitrogens with zero attached hydrogens (tertiary/aromatic N) is 2. The molecule has 13 heavy (non-hydrogen) atoms. The Balaban J connectivity index is 2.83. The lowest BCUT2D eigenvalue weighted by Crippen LogP contribution is -2.31. The predicted molar refractivity (Wildman–Crippen MR) is 47.2 cm³/mol. The van der Waals surface area contributed by atoms with Gasteiger partial charge in [-0.15, -0.1) is 0 Å². The molecule has 1 aromatic heterocycles. The van der Waals surface area contributed by atoms with Crippen molar-refractivity contribution in [3.05, 3.63) is 17.6 Å². The molecule has 1 rings (SSSR count). The molecule has 0 saturated carbocycles. The predicted octanol–water partition coefficient (Wildman–Crippen LogP) is -1.10. The maximum atomic E-state index is 10.9. The molecule has 5 N–H and O–H groups in total. The molecular formula is C7H11N5O. The van der Waals surface area contributed by atoms with Crippen LogP contribution in [0.5, 0.6) is 0 Å². The van der Waals surface area contributed by atoms with E-state index in [1.54, 1.807) is 6.92 Å². The molecule has 0 fully saturated rings. The van der Waals surface area contributed by atoms with Gasteiger partial charge in [0.2, 0.25) is 5.91 Å². The Morgan fingerprint density at radius 1 is 1.69 bits per heavy atom. The molecule has 0 aromatic carbocycles. The Labute approximate surface area is 75.3 Å². The first-order chi connectivity index (χ1) is 6.13. The summed E-state index contributed by atoms with van der Waals surface area (Å²) in [6, 6.07) is 0. The van der Waals surface area contributed by atoms with Crippen LogP contribution in [0.15, 0.2) is 6.20 Å². The van der Waals surface area contributed by atoms with E-state index in [4.69, 9.17) is 11.6 Å². The minimum absolute atomic E-state index is 0.0998. The second-order valence-electron chi connectivity index (χ2n) is 2.57. The zero-order valence-electron chi connectivity index (χ0n) is 7.24. The summed E-state index contributed by atoms with van der Waals surface area (Å²) in [7, 11) is 0. The highest BCUT2D eigenvalue weighted by molar-refractivity contribution is 5.79. The lowest BCUT2D eigenvalue weighted by Gasteiger charge is -2.03. The van der Waals surface area contributed by atoms with E-state index in [1.807, 2.05) is 5.43 Å². The number of aryl methyl sites for hydroxylation is 1. The van der Waals surface area contributed by atoms with Crippen molar-refractivity contribution >= 4 is 11.7 Å². The van der Waals surface area contributed by atoms with Crippen LogP contribution in [-0.4, -0.2) is 15.9 Å². The minimum atomic E-state index is -0.320. The van der Waals surface area contributed by atoms with Crippen LogP contribution in [-0.2, 0) is 11.2 Å². The van der Waals surface area contributed by atoms with Crippen LogP contribution in [0.3, 0.4) is 0 Å². The Morgan fingerprint density at radius 2 is 2.38 bits per heavy atom. The lowest BCUT2D eigenvalue weighted by atomic mass is 10.2. The van der Waals surface area contributed by atoms with Crippen molar-refractivity contribution < 1.29 is 4.79 Å². The number of nitrogens with two attached hydrogens (primary N) is 2. The third kappa shape index (κ3) is 2.38. The first-order valence-electron chi connectivity index (χ1n) is 3.71. The van der Waals surface area contributed by atoms with Crippen molar-refractivity contribution in [1.82, 2.24) is 15.4 Å². The fraction of sp³-hybridized carbons (Fsp3) is 0.286. The van der Waals surface area contributed by atoms with E-state index in [0.717, 1.165) is 0 Å². The number of carbonyl (C=O) groups is 1. The van der Waals surface area contributed by atoms with Crippen molar-refractivity contribution in [2.75, 3.05) is 5.73 Å². The van der Waals surface area contributed by atoms with Crippen LogP contribution in [0.1, 0.15) is 11.4 Å².